The van der Waals surface area contributed by atoms with E-state index in [1.165, 1.54) is 16.7 Å². The Kier molecular flexibility index (Phi) is 19.7. The molecular formula is C39H70O4Si6. The maximum absolute atomic E-state index is 6.83. The number of rotatable bonds is 15. The van der Waals surface area contributed by atoms with Gasteiger partial charge in [-0.2, -0.15) is 0 Å². The van der Waals surface area contributed by atoms with E-state index in [0.717, 1.165) is 17.7 Å². The molecule has 0 bridgehead atoms. The Labute approximate surface area is 309 Å². The lowest BCUT2D eigenvalue weighted by Crippen LogP contribution is -2.52. The van der Waals surface area contributed by atoms with Crippen LogP contribution in [0.2, 0.25) is 90.7 Å². The molecule has 0 radical (unpaired) electrons. The quantitative estimate of drug-likeness (QED) is 0.144. The summed E-state index contributed by atoms with van der Waals surface area (Å²) in [6.45, 7) is 37.5. The monoisotopic (exact) mass is 770 g/mol. The van der Waals surface area contributed by atoms with Crippen molar-refractivity contribution in [1.29, 1.82) is 0 Å². The summed E-state index contributed by atoms with van der Waals surface area (Å²) in [5.74, 6) is 1.04. The lowest BCUT2D eigenvalue weighted by atomic mass is 10.0. The van der Waals surface area contributed by atoms with Crippen LogP contribution in [0, 0.1) is 0 Å². The molecule has 0 saturated carbocycles. The summed E-state index contributed by atoms with van der Waals surface area (Å²) in [4.78, 5) is 0. The van der Waals surface area contributed by atoms with Gasteiger partial charge in [0.25, 0.3) is 0 Å². The highest BCUT2D eigenvalue weighted by Gasteiger charge is 2.40. The lowest BCUT2D eigenvalue weighted by Gasteiger charge is -2.40. The molecule has 0 aliphatic carbocycles. The first-order valence-electron chi connectivity index (χ1n) is 18.1. The third-order valence-electron chi connectivity index (χ3n) is 7.68. The molecular weight excluding hydrogens is 701 g/mol. The minimum atomic E-state index is -2.19. The topological polar surface area (TPSA) is 36.9 Å². The molecule has 10 heteroatoms. The van der Waals surface area contributed by atoms with Gasteiger partial charge in [0, 0.05) is 0 Å². The molecule has 0 aliphatic heterocycles. The second-order valence-corrected chi connectivity index (χ2v) is 37.2. The maximum atomic E-state index is 6.83. The SMILES string of the molecule is C=C(C)c1ccccc1.CC(C[Si](C)(C)O[Si](C)(C)O[Si](C)(C)CC(C)c1ccccc1)c1ccccc1.C[SiH](C)O[Si](C)(C)O[SiH](C)C. The summed E-state index contributed by atoms with van der Waals surface area (Å²) in [5, 5.41) is 0. The van der Waals surface area contributed by atoms with Gasteiger partial charge >= 0.3 is 17.1 Å². The zero-order valence-electron chi connectivity index (χ0n) is 33.7. The zero-order chi connectivity index (χ0) is 37.5. The third kappa shape index (κ3) is 20.9. The Morgan fingerprint density at radius 3 is 1.12 bits per heavy atom. The first-order valence-corrected chi connectivity index (χ1v) is 35.5. The van der Waals surface area contributed by atoms with Crippen LogP contribution in [0.15, 0.2) is 97.6 Å². The fourth-order valence-corrected chi connectivity index (χ4v) is 31.7. The van der Waals surface area contributed by atoms with E-state index in [-0.39, 0.29) is 0 Å². The molecule has 0 saturated heterocycles. The van der Waals surface area contributed by atoms with Crippen LogP contribution in [0.4, 0.5) is 0 Å². The van der Waals surface area contributed by atoms with E-state index < -0.39 is 51.8 Å². The number of hydrogen-bond acceptors (Lipinski definition) is 4. The predicted octanol–water partition coefficient (Wildman–Crippen LogP) is 12.1. The highest BCUT2D eigenvalue weighted by Crippen LogP contribution is 2.33. The average molecular weight is 772 g/mol. The number of allylic oxidation sites excluding steroid dienone is 1. The Balaban J connectivity index is 0.000000487. The molecule has 0 amide bonds. The van der Waals surface area contributed by atoms with E-state index in [4.69, 9.17) is 16.5 Å². The molecule has 0 heterocycles. The lowest BCUT2D eigenvalue weighted by molar-refractivity contribution is 0.385. The van der Waals surface area contributed by atoms with Crippen molar-refractivity contribution in [1.82, 2.24) is 0 Å². The van der Waals surface area contributed by atoms with Gasteiger partial charge < -0.3 is 16.5 Å². The van der Waals surface area contributed by atoms with Crippen LogP contribution in [0.3, 0.4) is 0 Å². The summed E-state index contributed by atoms with van der Waals surface area (Å²) >= 11 is 0. The predicted molar refractivity (Wildman–Crippen MR) is 232 cm³/mol. The van der Waals surface area contributed by atoms with Crippen molar-refractivity contribution in [3.05, 3.63) is 114 Å². The zero-order valence-corrected chi connectivity index (χ0v) is 40.0. The highest BCUT2D eigenvalue weighted by molar-refractivity contribution is 6.88. The van der Waals surface area contributed by atoms with E-state index >= 15 is 0 Å². The highest BCUT2D eigenvalue weighted by atomic mass is 28.5. The molecule has 4 nitrogen and oxygen atoms in total. The van der Waals surface area contributed by atoms with E-state index in [9.17, 15) is 0 Å². The molecule has 2 unspecified atom stereocenters. The first kappa shape index (κ1) is 45.6. The van der Waals surface area contributed by atoms with E-state index in [1.54, 1.807) is 0 Å². The van der Waals surface area contributed by atoms with Crippen molar-refractivity contribution in [2.75, 3.05) is 0 Å². The standard InChI is InChI=1S/C24H40O2Si3.C9H10.C6H20O2Si3/c1-21(23-15-11-9-12-16-23)19-27(3,4)25-29(7,8)26-28(5,6)20-22(2)24-17-13-10-14-18-24;1-8(2)9-6-4-3-5-7-9;1-9(2)7-11(5,6)8-10(3)4/h9-18,21-22H,19-20H2,1-8H3;3-7H,1H2,2H3;9-10H,1-6H3. The van der Waals surface area contributed by atoms with Crippen molar-refractivity contribution < 1.29 is 16.5 Å². The average Bonchev–Trinajstić information content (AvgIpc) is 2.96. The molecule has 3 aromatic carbocycles. The van der Waals surface area contributed by atoms with E-state index in [0.29, 0.717) is 11.8 Å². The molecule has 0 fully saturated rings. The molecule has 3 rings (SSSR count). The van der Waals surface area contributed by atoms with Gasteiger partial charge in [0.15, 0.2) is 34.7 Å². The fraction of sp³-hybridized carbons (Fsp3) is 0.487. The van der Waals surface area contributed by atoms with Crippen molar-refractivity contribution in [2.45, 2.75) is 123 Å². The molecule has 0 aliphatic rings. The van der Waals surface area contributed by atoms with Crippen LogP contribution in [0.1, 0.15) is 49.3 Å². The Hall–Kier alpha value is -1.46. The number of hydrogen-bond donors (Lipinski definition) is 0. The van der Waals surface area contributed by atoms with Crippen molar-refractivity contribution >= 4 is 57.4 Å². The second kappa shape index (κ2) is 21.2. The van der Waals surface area contributed by atoms with Crippen LogP contribution in [0.25, 0.3) is 5.57 Å². The second-order valence-electron chi connectivity index (χ2n) is 16.0. The Morgan fingerprint density at radius 1 is 0.551 bits per heavy atom. The van der Waals surface area contributed by atoms with E-state index in [2.05, 4.69) is 172 Å². The summed E-state index contributed by atoms with van der Waals surface area (Å²) in [6, 6.07) is 34.0. The van der Waals surface area contributed by atoms with Gasteiger partial charge in [-0.25, -0.2) is 0 Å². The fourth-order valence-electron chi connectivity index (χ4n) is 6.59. The van der Waals surface area contributed by atoms with Crippen LogP contribution in [0.5, 0.6) is 0 Å². The normalized spacial score (nSPS) is 13.6. The van der Waals surface area contributed by atoms with Gasteiger partial charge in [0.1, 0.15) is 0 Å². The largest absolute Gasteiger partial charge is 0.440 e. The van der Waals surface area contributed by atoms with Crippen LogP contribution in [-0.2, 0) is 16.5 Å². The molecule has 0 aromatic heterocycles. The smallest absolute Gasteiger partial charge is 0.311 e. The summed E-state index contributed by atoms with van der Waals surface area (Å²) in [7, 11) is -9.34. The van der Waals surface area contributed by atoms with Crippen LogP contribution >= 0.6 is 0 Å². The number of benzene rings is 3. The van der Waals surface area contributed by atoms with Gasteiger partial charge in [-0.1, -0.05) is 117 Å². The molecule has 0 N–H and O–H groups in total. The van der Waals surface area contributed by atoms with Crippen molar-refractivity contribution in [3.63, 3.8) is 0 Å². The van der Waals surface area contributed by atoms with Gasteiger partial charge in [-0.15, -0.1) is 0 Å². The Morgan fingerprint density at radius 2 is 0.857 bits per heavy atom. The molecule has 274 valence electrons. The first-order chi connectivity index (χ1) is 22.5. The minimum absolute atomic E-state index is 0.519. The molecule has 2 atom stereocenters. The van der Waals surface area contributed by atoms with Crippen molar-refractivity contribution in [3.8, 4) is 0 Å². The van der Waals surface area contributed by atoms with Crippen LogP contribution < -0.4 is 0 Å². The third-order valence-corrected chi connectivity index (χ3v) is 27.5. The minimum Gasteiger partial charge on any atom is -0.440 e. The summed E-state index contributed by atoms with van der Waals surface area (Å²) in [6.07, 6.45) is 0. The Bertz CT molecular complexity index is 1260. The molecule has 49 heavy (non-hydrogen) atoms. The van der Waals surface area contributed by atoms with E-state index in [1.807, 2.05) is 25.1 Å². The summed E-state index contributed by atoms with van der Waals surface area (Å²) < 4.78 is 25.3. The van der Waals surface area contributed by atoms with Crippen molar-refractivity contribution in [2.24, 2.45) is 0 Å². The maximum Gasteiger partial charge on any atom is 0.311 e. The van der Waals surface area contributed by atoms with Gasteiger partial charge in [-0.3, -0.25) is 0 Å². The van der Waals surface area contributed by atoms with Crippen LogP contribution in [-0.4, -0.2) is 51.8 Å². The van der Waals surface area contributed by atoms with Gasteiger partial charge in [0.05, 0.1) is 0 Å². The molecule has 3 aromatic rings. The molecule has 0 spiro atoms. The van der Waals surface area contributed by atoms with Gasteiger partial charge in [0.2, 0.25) is 0 Å². The summed E-state index contributed by atoms with van der Waals surface area (Å²) in [5.41, 5.74) is 5.15. The van der Waals surface area contributed by atoms with Gasteiger partial charge in [-0.05, 0) is 126 Å².